The topological polar surface area (TPSA) is 67.9 Å². The predicted molar refractivity (Wildman–Crippen MR) is 114 cm³/mol. The van der Waals surface area contributed by atoms with Crippen molar-refractivity contribution < 1.29 is 32.2 Å². The lowest BCUT2D eigenvalue weighted by Crippen LogP contribution is -2.37. The van der Waals surface area contributed by atoms with Crippen LogP contribution in [0.3, 0.4) is 0 Å². The first-order valence-electron chi connectivity index (χ1n) is 9.98. The maximum atomic E-state index is 13.2. The SMILES string of the molecule is Cc1ccc(/C=C/C(=O)OCC(=O)Nc2cc(C(F)(F)F)ccc2N2CCOCC2)cc1. The Morgan fingerprint density at radius 3 is 2.47 bits per heavy atom. The summed E-state index contributed by atoms with van der Waals surface area (Å²) in [4.78, 5) is 26.0. The molecule has 0 aromatic heterocycles. The summed E-state index contributed by atoms with van der Waals surface area (Å²) in [7, 11) is 0. The third-order valence-electron chi connectivity index (χ3n) is 4.78. The van der Waals surface area contributed by atoms with E-state index in [4.69, 9.17) is 9.47 Å². The van der Waals surface area contributed by atoms with Crippen molar-refractivity contribution in [3.63, 3.8) is 0 Å². The van der Waals surface area contributed by atoms with E-state index in [9.17, 15) is 22.8 Å². The summed E-state index contributed by atoms with van der Waals surface area (Å²) >= 11 is 0. The first-order valence-corrected chi connectivity index (χ1v) is 9.98. The number of carbonyl (C=O) groups is 2. The molecule has 1 heterocycles. The minimum Gasteiger partial charge on any atom is -0.452 e. The van der Waals surface area contributed by atoms with Crippen LogP contribution in [-0.2, 0) is 25.2 Å². The highest BCUT2D eigenvalue weighted by molar-refractivity contribution is 5.97. The van der Waals surface area contributed by atoms with Gasteiger partial charge in [0.1, 0.15) is 0 Å². The van der Waals surface area contributed by atoms with Gasteiger partial charge in [-0.25, -0.2) is 4.79 Å². The zero-order valence-corrected chi connectivity index (χ0v) is 17.4. The highest BCUT2D eigenvalue weighted by Crippen LogP contribution is 2.35. The molecule has 1 aliphatic heterocycles. The first kappa shape index (κ1) is 23.3. The fourth-order valence-corrected chi connectivity index (χ4v) is 3.11. The lowest BCUT2D eigenvalue weighted by atomic mass is 10.1. The van der Waals surface area contributed by atoms with Crippen LogP contribution >= 0.6 is 0 Å². The maximum absolute atomic E-state index is 13.2. The quantitative estimate of drug-likeness (QED) is 0.534. The normalized spacial score (nSPS) is 14.4. The van der Waals surface area contributed by atoms with Gasteiger partial charge < -0.3 is 19.7 Å². The molecule has 1 saturated heterocycles. The van der Waals surface area contributed by atoms with Crippen LogP contribution in [0.2, 0.25) is 0 Å². The fraction of sp³-hybridized carbons (Fsp3) is 0.304. The Kier molecular flexibility index (Phi) is 7.53. The molecule has 2 aromatic rings. The highest BCUT2D eigenvalue weighted by Gasteiger charge is 2.32. The van der Waals surface area contributed by atoms with E-state index in [2.05, 4.69) is 5.32 Å². The second-order valence-electron chi connectivity index (χ2n) is 7.23. The minimum atomic E-state index is -4.56. The van der Waals surface area contributed by atoms with Gasteiger partial charge in [0, 0.05) is 19.2 Å². The van der Waals surface area contributed by atoms with E-state index in [1.54, 1.807) is 6.08 Å². The summed E-state index contributed by atoms with van der Waals surface area (Å²) in [6.07, 6.45) is -1.83. The molecule has 1 aliphatic rings. The molecular weight excluding hydrogens is 425 g/mol. The first-order chi connectivity index (χ1) is 15.2. The summed E-state index contributed by atoms with van der Waals surface area (Å²) in [6, 6.07) is 10.6. The molecule has 0 spiro atoms. The number of nitrogens with zero attached hydrogens (tertiary/aromatic N) is 1. The summed E-state index contributed by atoms with van der Waals surface area (Å²) in [6.45, 7) is 3.13. The molecule has 0 bridgehead atoms. The number of amides is 1. The van der Waals surface area contributed by atoms with Gasteiger partial charge in [0.15, 0.2) is 6.61 Å². The molecule has 0 saturated carbocycles. The van der Waals surface area contributed by atoms with E-state index >= 15 is 0 Å². The summed E-state index contributed by atoms with van der Waals surface area (Å²) in [5, 5.41) is 2.43. The predicted octanol–water partition coefficient (Wildman–Crippen LogP) is 4.05. The van der Waals surface area contributed by atoms with Crippen LogP contribution in [0.4, 0.5) is 24.5 Å². The van der Waals surface area contributed by atoms with Crippen LogP contribution in [0, 0.1) is 6.92 Å². The number of alkyl halides is 3. The number of aryl methyl sites for hydroxylation is 1. The molecule has 32 heavy (non-hydrogen) atoms. The Balaban J connectivity index is 1.64. The van der Waals surface area contributed by atoms with E-state index < -0.39 is 30.2 Å². The van der Waals surface area contributed by atoms with Crippen LogP contribution in [0.5, 0.6) is 0 Å². The van der Waals surface area contributed by atoms with Gasteiger partial charge in [-0.05, 0) is 36.8 Å². The van der Waals surface area contributed by atoms with Gasteiger partial charge in [0.05, 0.1) is 30.2 Å². The van der Waals surface area contributed by atoms with Gasteiger partial charge in [-0.3, -0.25) is 4.79 Å². The largest absolute Gasteiger partial charge is 0.452 e. The van der Waals surface area contributed by atoms with Crippen molar-refractivity contribution >= 4 is 29.3 Å². The number of carbonyl (C=O) groups excluding carboxylic acids is 2. The highest BCUT2D eigenvalue weighted by atomic mass is 19.4. The van der Waals surface area contributed by atoms with E-state index in [1.165, 1.54) is 12.1 Å². The molecule has 1 fully saturated rings. The maximum Gasteiger partial charge on any atom is 0.416 e. The number of rotatable bonds is 6. The average Bonchev–Trinajstić information content (AvgIpc) is 2.77. The van der Waals surface area contributed by atoms with Gasteiger partial charge in [0.2, 0.25) is 0 Å². The number of halogens is 3. The van der Waals surface area contributed by atoms with Crippen LogP contribution in [-0.4, -0.2) is 44.8 Å². The number of morpholine rings is 1. The van der Waals surface area contributed by atoms with Crippen molar-refractivity contribution in [2.75, 3.05) is 43.1 Å². The Bertz CT molecular complexity index is 982. The Morgan fingerprint density at radius 1 is 1.12 bits per heavy atom. The van der Waals surface area contributed by atoms with Crippen LogP contribution in [0.25, 0.3) is 6.08 Å². The zero-order chi connectivity index (χ0) is 23.1. The third-order valence-corrected chi connectivity index (χ3v) is 4.78. The van der Waals surface area contributed by atoms with Gasteiger partial charge in [-0.2, -0.15) is 13.2 Å². The van der Waals surface area contributed by atoms with E-state index in [0.717, 1.165) is 23.3 Å². The van der Waals surface area contributed by atoms with Gasteiger partial charge in [-0.1, -0.05) is 29.8 Å². The third kappa shape index (κ3) is 6.58. The van der Waals surface area contributed by atoms with E-state index in [1.807, 2.05) is 36.1 Å². The monoisotopic (exact) mass is 448 g/mol. The summed E-state index contributed by atoms with van der Waals surface area (Å²) in [5.41, 5.74) is 1.42. The Morgan fingerprint density at radius 2 is 1.81 bits per heavy atom. The molecule has 0 radical (unpaired) electrons. The van der Waals surface area contributed by atoms with Gasteiger partial charge >= 0.3 is 12.1 Å². The Labute approximate surface area is 183 Å². The Hall–Kier alpha value is -3.33. The zero-order valence-electron chi connectivity index (χ0n) is 17.4. The minimum absolute atomic E-state index is 0.00188. The van der Waals surface area contributed by atoms with Crippen molar-refractivity contribution in [3.8, 4) is 0 Å². The lowest BCUT2D eigenvalue weighted by Gasteiger charge is -2.31. The van der Waals surface area contributed by atoms with E-state index in [0.29, 0.717) is 32.0 Å². The molecule has 1 N–H and O–H groups in total. The number of benzene rings is 2. The lowest BCUT2D eigenvalue weighted by molar-refractivity contribution is -0.142. The fourth-order valence-electron chi connectivity index (χ4n) is 3.11. The van der Waals surface area contributed by atoms with Crippen molar-refractivity contribution in [1.29, 1.82) is 0 Å². The van der Waals surface area contributed by atoms with Gasteiger partial charge in [-0.15, -0.1) is 0 Å². The standard InChI is InChI=1S/C23H23F3N2O4/c1-16-2-4-17(5-3-16)6-9-22(30)32-15-21(29)27-19-14-18(23(24,25)26)7-8-20(19)28-10-12-31-13-11-28/h2-9,14H,10-13,15H2,1H3,(H,27,29)/b9-6+. The molecule has 2 aromatic carbocycles. The van der Waals surface area contributed by atoms with Gasteiger partial charge in [0.25, 0.3) is 5.91 Å². The molecule has 0 atom stereocenters. The molecule has 9 heteroatoms. The van der Waals surface area contributed by atoms with Crippen LogP contribution < -0.4 is 10.2 Å². The molecule has 170 valence electrons. The van der Waals surface area contributed by atoms with Crippen molar-refractivity contribution in [1.82, 2.24) is 0 Å². The number of esters is 1. The summed E-state index contributed by atoms with van der Waals surface area (Å²) < 4.78 is 49.7. The van der Waals surface area contributed by atoms with E-state index in [-0.39, 0.29) is 5.69 Å². The number of hydrogen-bond donors (Lipinski definition) is 1. The summed E-state index contributed by atoms with van der Waals surface area (Å²) in [5.74, 6) is -1.48. The number of ether oxygens (including phenoxy) is 2. The molecule has 3 rings (SSSR count). The van der Waals surface area contributed by atoms with Crippen molar-refractivity contribution in [3.05, 3.63) is 65.2 Å². The number of nitrogens with one attached hydrogen (secondary N) is 1. The van der Waals surface area contributed by atoms with Crippen LogP contribution in [0.1, 0.15) is 16.7 Å². The van der Waals surface area contributed by atoms with Crippen molar-refractivity contribution in [2.24, 2.45) is 0 Å². The average molecular weight is 448 g/mol. The molecule has 0 aliphatic carbocycles. The number of hydrogen-bond acceptors (Lipinski definition) is 5. The smallest absolute Gasteiger partial charge is 0.416 e. The molecule has 1 amide bonds. The molecule has 6 nitrogen and oxygen atoms in total. The second kappa shape index (κ2) is 10.3. The number of anilines is 2. The van der Waals surface area contributed by atoms with Crippen LogP contribution in [0.15, 0.2) is 48.5 Å². The second-order valence-corrected chi connectivity index (χ2v) is 7.23. The molecule has 0 unspecified atom stereocenters. The van der Waals surface area contributed by atoms with Crippen molar-refractivity contribution in [2.45, 2.75) is 13.1 Å². The molecular formula is C23H23F3N2O4.